The van der Waals surface area contributed by atoms with Gasteiger partial charge in [-0.05, 0) is 37.5 Å². The number of phenols is 1. The summed E-state index contributed by atoms with van der Waals surface area (Å²) in [6, 6.07) is 6.93. The fraction of sp³-hybridized carbons (Fsp3) is 0.357. The molecule has 0 fully saturated rings. The van der Waals surface area contributed by atoms with E-state index >= 15 is 0 Å². The lowest BCUT2D eigenvalue weighted by Crippen LogP contribution is -2.41. The third-order valence-corrected chi connectivity index (χ3v) is 2.51. The largest absolute Gasteiger partial charge is 0.508 e. The Labute approximate surface area is 108 Å². The molecule has 0 aliphatic heterocycles. The number of phenolic OH excluding ortho intramolecular Hbond substituents is 1. The minimum Gasteiger partial charge on any atom is -0.508 e. The van der Waals surface area contributed by atoms with Crippen LogP contribution in [0.2, 0.25) is 0 Å². The first-order valence-corrected chi connectivity index (χ1v) is 6.05. The lowest BCUT2D eigenvalue weighted by Gasteiger charge is -2.12. The highest BCUT2D eigenvalue weighted by atomic mass is 16.3. The zero-order valence-electron chi connectivity index (χ0n) is 10.6. The molecular weight excluding hydrogens is 228 g/mol. The van der Waals surface area contributed by atoms with Crippen molar-refractivity contribution in [2.24, 2.45) is 0 Å². The fourth-order valence-electron chi connectivity index (χ4n) is 1.62. The van der Waals surface area contributed by atoms with Crippen LogP contribution in [0, 0.1) is 0 Å². The molecule has 1 aromatic carbocycles. The standard InChI is InChI=1S/C14H20N2O2/c1-3-5-11(2)16-14(18)15-9-8-12-6-4-7-13(17)10-12/h3-4,6-7,10-11,17H,1,5,8-9H2,2H3,(H2,15,16,18)/t11-/m0/s1. The molecule has 0 saturated carbocycles. The van der Waals surface area contributed by atoms with Crippen molar-refractivity contribution >= 4 is 6.03 Å². The molecule has 0 bridgehead atoms. The minimum atomic E-state index is -0.176. The van der Waals surface area contributed by atoms with E-state index in [0.29, 0.717) is 13.0 Å². The SMILES string of the molecule is C=CC[C@H](C)NC(=O)NCCc1cccc(O)c1. The number of nitrogens with one attached hydrogen (secondary N) is 2. The number of amides is 2. The normalized spacial score (nSPS) is 11.6. The molecule has 0 heterocycles. The molecule has 0 radical (unpaired) electrons. The van der Waals surface area contributed by atoms with Crippen molar-refractivity contribution in [2.45, 2.75) is 25.8 Å². The van der Waals surface area contributed by atoms with Gasteiger partial charge in [0, 0.05) is 12.6 Å². The van der Waals surface area contributed by atoms with Gasteiger partial charge in [0.2, 0.25) is 0 Å². The summed E-state index contributed by atoms with van der Waals surface area (Å²) in [5.41, 5.74) is 0.995. The number of aromatic hydroxyl groups is 1. The Hall–Kier alpha value is -1.97. The average Bonchev–Trinajstić information content (AvgIpc) is 2.29. The monoisotopic (exact) mass is 248 g/mol. The van der Waals surface area contributed by atoms with Crippen LogP contribution in [0.5, 0.6) is 5.75 Å². The lowest BCUT2D eigenvalue weighted by molar-refractivity contribution is 0.238. The van der Waals surface area contributed by atoms with Gasteiger partial charge in [0.15, 0.2) is 0 Å². The van der Waals surface area contributed by atoms with E-state index < -0.39 is 0 Å². The van der Waals surface area contributed by atoms with E-state index in [0.717, 1.165) is 12.0 Å². The summed E-state index contributed by atoms with van der Waals surface area (Å²) in [4.78, 5) is 11.5. The molecule has 4 heteroatoms. The van der Waals surface area contributed by atoms with Crippen LogP contribution < -0.4 is 10.6 Å². The van der Waals surface area contributed by atoms with Crippen molar-refractivity contribution in [3.05, 3.63) is 42.5 Å². The molecule has 0 aromatic heterocycles. The topological polar surface area (TPSA) is 61.4 Å². The molecule has 1 aromatic rings. The molecule has 2 amide bonds. The van der Waals surface area contributed by atoms with Gasteiger partial charge in [-0.1, -0.05) is 18.2 Å². The summed E-state index contributed by atoms with van der Waals surface area (Å²) < 4.78 is 0. The van der Waals surface area contributed by atoms with Crippen LogP contribution in [0.25, 0.3) is 0 Å². The Kier molecular flexibility index (Phi) is 5.77. The average molecular weight is 248 g/mol. The quantitative estimate of drug-likeness (QED) is 0.676. The first-order valence-electron chi connectivity index (χ1n) is 6.05. The highest BCUT2D eigenvalue weighted by Crippen LogP contribution is 2.10. The van der Waals surface area contributed by atoms with Gasteiger partial charge in [0.05, 0.1) is 0 Å². The summed E-state index contributed by atoms with van der Waals surface area (Å²) in [7, 11) is 0. The number of benzene rings is 1. The third-order valence-electron chi connectivity index (χ3n) is 2.51. The van der Waals surface area contributed by atoms with Crippen LogP contribution in [0.15, 0.2) is 36.9 Å². The van der Waals surface area contributed by atoms with Gasteiger partial charge in [-0.2, -0.15) is 0 Å². The molecule has 0 spiro atoms. The summed E-state index contributed by atoms with van der Waals surface area (Å²) in [6.45, 7) is 6.09. The number of hydrogen-bond acceptors (Lipinski definition) is 2. The lowest BCUT2D eigenvalue weighted by atomic mass is 10.1. The number of urea groups is 1. The van der Waals surface area contributed by atoms with E-state index in [1.807, 2.05) is 13.0 Å². The molecule has 1 atom stereocenters. The predicted octanol–water partition coefficient (Wildman–Crippen LogP) is 2.20. The summed E-state index contributed by atoms with van der Waals surface area (Å²) in [5, 5.41) is 14.9. The van der Waals surface area contributed by atoms with Gasteiger partial charge >= 0.3 is 6.03 Å². The van der Waals surface area contributed by atoms with Crippen molar-refractivity contribution in [1.82, 2.24) is 10.6 Å². The van der Waals surface area contributed by atoms with E-state index in [1.165, 1.54) is 0 Å². The molecule has 98 valence electrons. The van der Waals surface area contributed by atoms with Gasteiger partial charge in [-0.25, -0.2) is 4.79 Å². The van der Waals surface area contributed by atoms with Gasteiger partial charge in [0.25, 0.3) is 0 Å². The Bertz CT molecular complexity index is 405. The maximum atomic E-state index is 11.5. The molecule has 3 N–H and O–H groups in total. The Morgan fingerprint density at radius 1 is 1.56 bits per heavy atom. The second-order valence-electron chi connectivity index (χ2n) is 4.25. The van der Waals surface area contributed by atoms with E-state index in [2.05, 4.69) is 17.2 Å². The van der Waals surface area contributed by atoms with Crippen molar-refractivity contribution in [3.63, 3.8) is 0 Å². The van der Waals surface area contributed by atoms with Crippen molar-refractivity contribution in [3.8, 4) is 5.75 Å². The van der Waals surface area contributed by atoms with Crippen molar-refractivity contribution in [2.75, 3.05) is 6.54 Å². The molecule has 18 heavy (non-hydrogen) atoms. The zero-order chi connectivity index (χ0) is 13.4. The highest BCUT2D eigenvalue weighted by molar-refractivity contribution is 5.74. The zero-order valence-corrected chi connectivity index (χ0v) is 10.6. The van der Waals surface area contributed by atoms with E-state index in [1.54, 1.807) is 24.3 Å². The Morgan fingerprint density at radius 2 is 2.33 bits per heavy atom. The molecular formula is C14H20N2O2. The van der Waals surface area contributed by atoms with Crippen LogP contribution >= 0.6 is 0 Å². The maximum Gasteiger partial charge on any atom is 0.315 e. The van der Waals surface area contributed by atoms with Gasteiger partial charge in [-0.15, -0.1) is 6.58 Å². The Balaban J connectivity index is 2.25. The number of rotatable bonds is 6. The second-order valence-corrected chi connectivity index (χ2v) is 4.25. The first-order chi connectivity index (χ1) is 8.61. The van der Waals surface area contributed by atoms with Gasteiger partial charge in [-0.3, -0.25) is 0 Å². The van der Waals surface area contributed by atoms with Gasteiger partial charge < -0.3 is 15.7 Å². The number of carbonyl (C=O) groups excluding carboxylic acids is 1. The molecule has 0 unspecified atom stereocenters. The summed E-state index contributed by atoms with van der Waals surface area (Å²) in [6.07, 6.45) is 3.22. The molecule has 1 rings (SSSR count). The van der Waals surface area contributed by atoms with Crippen molar-refractivity contribution < 1.29 is 9.90 Å². The number of hydrogen-bond donors (Lipinski definition) is 3. The molecule has 0 aliphatic rings. The second kappa shape index (κ2) is 7.37. The summed E-state index contributed by atoms with van der Waals surface area (Å²) >= 11 is 0. The van der Waals surface area contributed by atoms with Crippen LogP contribution in [0.1, 0.15) is 18.9 Å². The molecule has 4 nitrogen and oxygen atoms in total. The van der Waals surface area contributed by atoms with Crippen molar-refractivity contribution in [1.29, 1.82) is 0 Å². The predicted molar refractivity (Wildman–Crippen MR) is 72.6 cm³/mol. The van der Waals surface area contributed by atoms with Gasteiger partial charge in [0.1, 0.15) is 5.75 Å². The minimum absolute atomic E-state index is 0.0864. The molecule has 0 aliphatic carbocycles. The third kappa shape index (κ3) is 5.39. The van der Waals surface area contributed by atoms with Crippen LogP contribution in [-0.2, 0) is 6.42 Å². The Morgan fingerprint density at radius 3 is 3.00 bits per heavy atom. The van der Waals surface area contributed by atoms with Crippen LogP contribution in [-0.4, -0.2) is 23.7 Å². The van der Waals surface area contributed by atoms with E-state index in [9.17, 15) is 9.90 Å². The maximum absolute atomic E-state index is 11.5. The summed E-state index contributed by atoms with van der Waals surface area (Å²) in [5.74, 6) is 0.247. The number of carbonyl (C=O) groups is 1. The van der Waals surface area contributed by atoms with E-state index in [-0.39, 0.29) is 17.8 Å². The highest BCUT2D eigenvalue weighted by Gasteiger charge is 2.04. The van der Waals surface area contributed by atoms with E-state index in [4.69, 9.17) is 0 Å². The smallest absolute Gasteiger partial charge is 0.315 e. The van der Waals surface area contributed by atoms with Crippen LogP contribution in [0.3, 0.4) is 0 Å². The van der Waals surface area contributed by atoms with Crippen LogP contribution in [0.4, 0.5) is 4.79 Å². The fourth-order valence-corrected chi connectivity index (χ4v) is 1.62. The molecule has 0 saturated heterocycles. The first kappa shape index (κ1) is 14.1.